The number of nitrogens with one attached hydrogen (secondary N) is 1. The highest BCUT2D eigenvalue weighted by molar-refractivity contribution is 5.97. The molecule has 0 saturated carbocycles. The van der Waals surface area contributed by atoms with Gasteiger partial charge in [-0.05, 0) is 68.2 Å². The molecule has 3 aliphatic heterocycles. The molecule has 9 nitrogen and oxygen atoms in total. The smallest absolute Gasteiger partial charge is 0.338 e. The minimum Gasteiger partial charge on any atom is -0.462 e. The quantitative estimate of drug-likeness (QED) is 0.560. The molecule has 2 amide bonds. The second-order valence-electron chi connectivity index (χ2n) is 11.1. The van der Waals surface area contributed by atoms with Gasteiger partial charge in [-0.2, -0.15) is 5.10 Å². The first kappa shape index (κ1) is 26.4. The summed E-state index contributed by atoms with van der Waals surface area (Å²) in [6.45, 7) is 8.48. The third-order valence-electron chi connectivity index (χ3n) is 8.16. The fraction of sp³-hybridized carbons (Fsp3) is 0.586. The number of carbonyl (C=O) groups excluding carboxylic acids is 3. The monoisotopic (exact) mass is 522 g/mol. The van der Waals surface area contributed by atoms with Gasteiger partial charge in [0.1, 0.15) is 0 Å². The molecule has 9 heteroatoms. The van der Waals surface area contributed by atoms with Crippen molar-refractivity contribution in [1.29, 1.82) is 0 Å². The molecule has 1 aromatic heterocycles. The first-order valence-electron chi connectivity index (χ1n) is 13.9. The lowest BCUT2D eigenvalue weighted by Crippen LogP contribution is -2.41. The van der Waals surface area contributed by atoms with Gasteiger partial charge in [0.25, 0.3) is 11.8 Å². The summed E-state index contributed by atoms with van der Waals surface area (Å²) in [6, 6.07) is 6.71. The van der Waals surface area contributed by atoms with Crippen LogP contribution in [0.1, 0.15) is 82.0 Å². The van der Waals surface area contributed by atoms with Crippen molar-refractivity contribution in [3.63, 3.8) is 0 Å². The van der Waals surface area contributed by atoms with Crippen LogP contribution in [0.15, 0.2) is 24.3 Å². The van der Waals surface area contributed by atoms with Crippen LogP contribution in [0.4, 0.5) is 0 Å². The maximum Gasteiger partial charge on any atom is 0.338 e. The molecule has 0 bridgehead atoms. The second kappa shape index (κ2) is 11.3. The fourth-order valence-corrected chi connectivity index (χ4v) is 5.82. The van der Waals surface area contributed by atoms with Crippen LogP contribution in [0.5, 0.6) is 0 Å². The van der Waals surface area contributed by atoms with E-state index in [4.69, 9.17) is 14.6 Å². The molecule has 1 N–H and O–H groups in total. The van der Waals surface area contributed by atoms with E-state index >= 15 is 0 Å². The summed E-state index contributed by atoms with van der Waals surface area (Å²) < 4.78 is 13.2. The Bertz CT molecular complexity index is 1180. The molecule has 5 rings (SSSR count). The van der Waals surface area contributed by atoms with Crippen LogP contribution in [0.25, 0.3) is 0 Å². The summed E-state index contributed by atoms with van der Waals surface area (Å²) in [4.78, 5) is 40.1. The van der Waals surface area contributed by atoms with Crippen LogP contribution in [0.2, 0.25) is 0 Å². The highest BCUT2D eigenvalue weighted by atomic mass is 16.5. The van der Waals surface area contributed by atoms with Crippen molar-refractivity contribution in [2.75, 3.05) is 39.5 Å². The van der Waals surface area contributed by atoms with E-state index in [0.29, 0.717) is 49.4 Å². The maximum absolute atomic E-state index is 13.0. The average Bonchev–Trinajstić information content (AvgIpc) is 3.56. The molecule has 0 aliphatic carbocycles. The van der Waals surface area contributed by atoms with E-state index in [1.54, 1.807) is 24.3 Å². The zero-order valence-corrected chi connectivity index (χ0v) is 22.5. The van der Waals surface area contributed by atoms with Gasteiger partial charge < -0.3 is 19.7 Å². The summed E-state index contributed by atoms with van der Waals surface area (Å²) in [5.74, 6) is -0.444. The first-order valence-corrected chi connectivity index (χ1v) is 13.9. The number of hydrogen-bond acceptors (Lipinski definition) is 6. The molecule has 0 radical (unpaired) electrons. The Hall–Kier alpha value is -3.20. The van der Waals surface area contributed by atoms with Crippen molar-refractivity contribution in [2.24, 2.45) is 11.3 Å². The van der Waals surface area contributed by atoms with E-state index in [2.05, 4.69) is 5.32 Å². The van der Waals surface area contributed by atoms with Crippen LogP contribution < -0.4 is 5.32 Å². The van der Waals surface area contributed by atoms with E-state index in [0.717, 1.165) is 56.6 Å². The van der Waals surface area contributed by atoms with Gasteiger partial charge in [0.05, 0.1) is 29.1 Å². The lowest BCUT2D eigenvalue weighted by Gasteiger charge is -2.36. The lowest BCUT2D eigenvalue weighted by molar-refractivity contribution is 0.0151. The summed E-state index contributed by atoms with van der Waals surface area (Å²) in [6.07, 6.45) is 5.37. The Morgan fingerprint density at radius 2 is 1.82 bits per heavy atom. The van der Waals surface area contributed by atoms with Gasteiger partial charge in [-0.1, -0.05) is 13.8 Å². The van der Waals surface area contributed by atoms with Crippen LogP contribution in [-0.2, 0) is 28.9 Å². The zero-order valence-electron chi connectivity index (χ0n) is 22.5. The Labute approximate surface area is 223 Å². The normalized spacial score (nSPS) is 19.5. The number of likely N-dealkylation sites (tertiary alicyclic amines) is 1. The number of nitrogens with zero attached hydrogens (tertiary/aromatic N) is 3. The lowest BCUT2D eigenvalue weighted by atomic mass is 9.76. The third-order valence-corrected chi connectivity index (χ3v) is 8.16. The number of benzene rings is 1. The van der Waals surface area contributed by atoms with Crippen molar-refractivity contribution >= 4 is 17.8 Å². The number of carbonyl (C=O) groups is 3. The molecule has 1 aromatic carbocycles. The number of amides is 2. The van der Waals surface area contributed by atoms with Crippen LogP contribution in [0.3, 0.4) is 0 Å². The Kier molecular flexibility index (Phi) is 7.83. The largest absolute Gasteiger partial charge is 0.462 e. The van der Waals surface area contributed by atoms with E-state index in [9.17, 15) is 14.4 Å². The van der Waals surface area contributed by atoms with E-state index in [1.807, 2.05) is 23.4 Å². The molecule has 2 fully saturated rings. The maximum atomic E-state index is 13.0. The predicted molar refractivity (Wildman–Crippen MR) is 141 cm³/mol. The van der Waals surface area contributed by atoms with E-state index in [1.165, 1.54) is 0 Å². The van der Waals surface area contributed by atoms with Crippen LogP contribution in [0, 0.1) is 11.3 Å². The average molecular weight is 523 g/mol. The molecule has 204 valence electrons. The van der Waals surface area contributed by atoms with Crippen molar-refractivity contribution < 1.29 is 23.9 Å². The number of aromatic nitrogens is 2. The Morgan fingerprint density at radius 1 is 1.13 bits per heavy atom. The zero-order chi connectivity index (χ0) is 26.7. The summed E-state index contributed by atoms with van der Waals surface area (Å²) in [7, 11) is 0. The summed E-state index contributed by atoms with van der Waals surface area (Å²) in [5, 5.41) is 7.96. The standard InChI is InChI=1S/C29H38N4O5/c1-3-23-25-24(16-29(19-30-26(25)34)10-14-37-15-11-29)33(31-23)17-20(2)18-38-28(36)22-8-6-21(7-9-22)27(35)32-12-4-5-13-32/h6-9,20H,3-5,10-19H2,1-2H3,(H,30,34)/t20-/m1/s1. The van der Waals surface area contributed by atoms with Crippen LogP contribution in [-0.4, -0.2) is 71.9 Å². The third kappa shape index (κ3) is 5.48. The van der Waals surface area contributed by atoms with Crippen molar-refractivity contribution in [3.8, 4) is 0 Å². The van der Waals surface area contributed by atoms with Crippen molar-refractivity contribution in [3.05, 3.63) is 52.3 Å². The number of rotatable bonds is 7. The topological polar surface area (TPSA) is 103 Å². The molecule has 1 atom stereocenters. The minimum atomic E-state index is -0.411. The number of ether oxygens (including phenoxy) is 2. The van der Waals surface area contributed by atoms with Gasteiger partial charge in [-0.15, -0.1) is 0 Å². The SMILES string of the molecule is CCc1nn(C[C@@H](C)COC(=O)c2ccc(C(=O)N3CCCC3)cc2)c2c1C(=O)NCC1(CCOCC1)C2. The van der Waals surface area contributed by atoms with E-state index in [-0.39, 0.29) is 29.8 Å². The molecule has 38 heavy (non-hydrogen) atoms. The predicted octanol–water partition coefficient (Wildman–Crippen LogP) is 3.26. The number of fused-ring (bicyclic) bond motifs is 1. The van der Waals surface area contributed by atoms with Gasteiger partial charge in [0.2, 0.25) is 0 Å². The van der Waals surface area contributed by atoms with Gasteiger partial charge in [-0.25, -0.2) is 4.79 Å². The highest BCUT2D eigenvalue weighted by Crippen LogP contribution is 2.37. The molecule has 1 spiro atoms. The fourth-order valence-electron chi connectivity index (χ4n) is 5.82. The number of aryl methyl sites for hydroxylation is 1. The molecule has 2 aromatic rings. The van der Waals surface area contributed by atoms with Gasteiger partial charge in [0, 0.05) is 50.9 Å². The second-order valence-corrected chi connectivity index (χ2v) is 11.1. The summed E-state index contributed by atoms with van der Waals surface area (Å²) in [5.41, 5.74) is 3.51. The Morgan fingerprint density at radius 3 is 2.50 bits per heavy atom. The number of hydrogen-bond donors (Lipinski definition) is 1. The molecular formula is C29H38N4O5. The van der Waals surface area contributed by atoms with Crippen molar-refractivity contribution in [2.45, 2.75) is 58.9 Å². The van der Waals surface area contributed by atoms with Crippen molar-refractivity contribution in [1.82, 2.24) is 20.0 Å². The number of esters is 1. The summed E-state index contributed by atoms with van der Waals surface area (Å²) >= 11 is 0. The molecule has 4 heterocycles. The van der Waals surface area contributed by atoms with E-state index < -0.39 is 5.97 Å². The van der Waals surface area contributed by atoms with Gasteiger partial charge in [-0.3, -0.25) is 14.3 Å². The molecular weight excluding hydrogens is 484 g/mol. The highest BCUT2D eigenvalue weighted by Gasteiger charge is 2.39. The Balaban J connectivity index is 1.23. The molecule has 2 saturated heterocycles. The molecule has 0 unspecified atom stereocenters. The van der Waals surface area contributed by atoms with Gasteiger partial charge >= 0.3 is 5.97 Å². The van der Waals surface area contributed by atoms with Gasteiger partial charge in [0.15, 0.2) is 0 Å². The van der Waals surface area contributed by atoms with Crippen LogP contribution >= 0.6 is 0 Å². The first-order chi connectivity index (χ1) is 18.4. The minimum absolute atomic E-state index is 0.000581. The molecule has 3 aliphatic rings.